The number of fused-ring (bicyclic) bond motifs is 5. The van der Waals surface area contributed by atoms with Crippen molar-refractivity contribution < 1.29 is 248 Å². The molecule has 5 saturated heterocycles. The SMILES string of the molecule is CO[C@@H]1[C@@H](O)[C@H](O[C@@H]2[C@@H](O)[C@H](O[C@H]3[C@H](O)[C@@H](O[C@@H]4OC[C@@H](O)[C@H](O)[C@H]4O)[C@H](O[C@H]4[C@H](O[C@H]5CC[C@]6(C)C7=CC[C@]8(C)[C@@H]([C@@](C)(O)[C@H](O)CC=C(C)C)CC[C@@]8(C)[C@@H]7CC[C@H]6C5(C)C)OC[C@@H](OS(=O)(=O)[O-])[C@@H]4O)O[C@@H]3C)O[C@H](COS(=O)(=O)[O-])[C@H]2O)O[C@H](COS(=O)(=O)[O-])[C@H]1O.[Na+].[Na+].[Na+]. The average Bonchev–Trinajstić information content (AvgIpc) is 1.62. The van der Waals surface area contributed by atoms with Crippen molar-refractivity contribution in [3.63, 3.8) is 0 Å². The number of hydrogen-bond donors (Lipinski definition) is 11. The van der Waals surface area contributed by atoms with Gasteiger partial charge in [-0.05, 0) is 118 Å². The van der Waals surface area contributed by atoms with Crippen LogP contribution < -0.4 is 88.7 Å². The van der Waals surface area contributed by atoms with E-state index in [-0.39, 0.29) is 123 Å². The number of ether oxygens (including phenoxy) is 11. The topological polar surface area (TPSA) is 523 Å². The van der Waals surface area contributed by atoms with E-state index in [0.29, 0.717) is 25.7 Å². The van der Waals surface area contributed by atoms with Gasteiger partial charge in [-0.2, -0.15) is 0 Å². The molecule has 4 aliphatic carbocycles. The number of aliphatic hydroxyl groups is 11. The van der Waals surface area contributed by atoms with Crippen molar-refractivity contribution in [1.29, 1.82) is 0 Å². The third-order valence-corrected chi connectivity index (χ3v) is 23.8. The molecule has 5 aliphatic heterocycles. The summed E-state index contributed by atoms with van der Waals surface area (Å²) in [4.78, 5) is 0. The predicted molar refractivity (Wildman–Crippen MR) is 316 cm³/mol. The quantitative estimate of drug-likeness (QED) is 0.0149. The summed E-state index contributed by atoms with van der Waals surface area (Å²) < 4.78 is 185. The fraction of sp³-hybridized carbons (Fsp3) is 0.932. The van der Waals surface area contributed by atoms with E-state index in [1.807, 2.05) is 33.8 Å². The summed E-state index contributed by atoms with van der Waals surface area (Å²) in [5, 5.41) is 126. The summed E-state index contributed by atoms with van der Waals surface area (Å²) in [6, 6.07) is 0. The van der Waals surface area contributed by atoms with Gasteiger partial charge in [0.1, 0.15) is 104 Å². The molecule has 0 aromatic rings. The minimum atomic E-state index is -5.58. The zero-order valence-electron chi connectivity index (χ0n) is 57.8. The zero-order chi connectivity index (χ0) is 71.1. The van der Waals surface area contributed by atoms with E-state index in [2.05, 4.69) is 35.2 Å². The van der Waals surface area contributed by atoms with E-state index in [1.54, 1.807) is 6.92 Å². The molecule has 34 nitrogen and oxygen atoms in total. The molecule has 32 atom stereocenters. The van der Waals surface area contributed by atoms with Crippen molar-refractivity contribution in [2.45, 2.75) is 273 Å². The monoisotopic (exact) mass is 1510 g/mol. The normalized spacial score (nSPS) is 45.7. The van der Waals surface area contributed by atoms with E-state index in [4.69, 9.17) is 56.3 Å². The summed E-state index contributed by atoms with van der Waals surface area (Å²) in [7, 11) is -15.6. The molecule has 9 rings (SSSR count). The molecule has 556 valence electrons. The smallest absolute Gasteiger partial charge is 0.726 e. The van der Waals surface area contributed by atoms with Gasteiger partial charge in [0, 0.05) is 7.11 Å². The van der Waals surface area contributed by atoms with Crippen LogP contribution in [0.1, 0.15) is 114 Å². The number of rotatable bonds is 23. The van der Waals surface area contributed by atoms with Crippen LogP contribution in [0.3, 0.4) is 0 Å². The van der Waals surface area contributed by atoms with Crippen LogP contribution in [0.15, 0.2) is 23.3 Å². The Labute approximate surface area is 643 Å². The van der Waals surface area contributed by atoms with Gasteiger partial charge in [0.15, 0.2) is 31.5 Å². The summed E-state index contributed by atoms with van der Waals surface area (Å²) in [6.45, 7) is 13.8. The Morgan fingerprint density at radius 1 is 0.616 bits per heavy atom. The fourth-order valence-electron chi connectivity index (χ4n) is 17.1. The number of aliphatic hydroxyl groups excluding tert-OH is 10. The third-order valence-electron chi connectivity index (χ3n) is 22.5. The van der Waals surface area contributed by atoms with E-state index >= 15 is 0 Å². The zero-order valence-corrected chi connectivity index (χ0v) is 66.3. The van der Waals surface area contributed by atoms with Crippen LogP contribution in [0.4, 0.5) is 0 Å². The van der Waals surface area contributed by atoms with Gasteiger partial charge in [0.2, 0.25) is 31.2 Å². The van der Waals surface area contributed by atoms with Gasteiger partial charge in [-0.15, -0.1) is 0 Å². The molecule has 5 heterocycles. The van der Waals surface area contributed by atoms with Gasteiger partial charge in [-0.1, -0.05) is 57.9 Å². The first kappa shape index (κ1) is 89.1. The molecule has 0 radical (unpaired) electrons. The van der Waals surface area contributed by atoms with Crippen LogP contribution in [0.2, 0.25) is 0 Å². The Morgan fingerprint density at radius 3 is 1.72 bits per heavy atom. The maximum absolute atomic E-state index is 12.5. The van der Waals surface area contributed by atoms with E-state index in [9.17, 15) is 95.1 Å². The van der Waals surface area contributed by atoms with Gasteiger partial charge >= 0.3 is 88.7 Å². The third kappa shape index (κ3) is 18.8. The second-order valence-electron chi connectivity index (χ2n) is 28.9. The minimum absolute atomic E-state index is 0. The van der Waals surface area contributed by atoms with Crippen molar-refractivity contribution in [2.24, 2.45) is 39.4 Å². The molecule has 3 saturated carbocycles. The van der Waals surface area contributed by atoms with E-state index in [0.717, 1.165) is 38.4 Å². The molecule has 0 amide bonds. The van der Waals surface area contributed by atoms with Crippen molar-refractivity contribution in [2.75, 3.05) is 33.5 Å². The second-order valence-corrected chi connectivity index (χ2v) is 32.0. The fourth-order valence-corrected chi connectivity index (χ4v) is 18.2. The summed E-state index contributed by atoms with van der Waals surface area (Å²) in [5.41, 5.74) is -0.683. The first-order valence-corrected chi connectivity index (χ1v) is 36.1. The molecule has 0 aromatic carbocycles. The van der Waals surface area contributed by atoms with E-state index < -0.39 is 222 Å². The molecule has 40 heteroatoms. The maximum atomic E-state index is 12.5. The van der Waals surface area contributed by atoms with Crippen LogP contribution in [-0.2, 0) is 95.9 Å². The minimum Gasteiger partial charge on any atom is -0.726 e. The predicted octanol–water partition coefficient (Wildman–Crippen LogP) is -12.0. The molecule has 0 spiro atoms. The standard InChI is InChI=1S/C59H98O34S3.3Na/c1-25(2)11-14-35(61)59(9,70)34-16-20-57(7)28-12-13-33-55(4,5)36(17-18-56(33,6)27(28)15-19-58(34,57)8)88-53-48(40(65)32(22-82-53)93-96(77,78)79)92-54-49(91-50-41(66)37(62)29(60)21-81-50)42(67)45(26(3)85-54)89-52-44(69)47(39(64)31(87-52)24-84-95(74,75)76)90-51-43(68)46(80-10)38(63)30(86-51)23-83-94(71,72)73;;;/h11,15,26,28-54,60-70H,12-14,16-24H2,1-10H3,(H,71,72,73)(H,74,75,76)(H,77,78,79);;;/q;3*+1/p-3/t26-,28-,29-,30-,31-,32-,33+,34+,35-,36+,37+,38-,39-,40+,41-,42+,43-,44-,45-,46+,47+,48-,49-,50+,51+,52+,53+,54+,56-,57+,58-,59-;;;/m1.../s1. The van der Waals surface area contributed by atoms with Gasteiger partial charge in [-0.3, -0.25) is 12.5 Å². The van der Waals surface area contributed by atoms with Gasteiger partial charge in [0.25, 0.3) is 0 Å². The molecule has 11 N–H and O–H groups in total. The Kier molecular flexibility index (Phi) is 30.8. The van der Waals surface area contributed by atoms with Crippen molar-refractivity contribution in [1.82, 2.24) is 0 Å². The Hall–Kier alpha value is 1.21. The number of hydrogen-bond acceptors (Lipinski definition) is 34. The Balaban J connectivity index is 0.00000515. The Bertz CT molecular complexity index is 3100. The molecule has 8 fully saturated rings. The molecular weight excluding hydrogens is 1420 g/mol. The first-order valence-electron chi connectivity index (χ1n) is 32.1. The van der Waals surface area contributed by atoms with Crippen LogP contribution in [0.25, 0.3) is 0 Å². The molecular formula is C59H95Na3O34S3. The van der Waals surface area contributed by atoms with Crippen molar-refractivity contribution in [3.05, 3.63) is 23.3 Å². The Morgan fingerprint density at radius 2 is 1.15 bits per heavy atom. The van der Waals surface area contributed by atoms with Crippen LogP contribution in [-0.4, -0.2) is 288 Å². The summed E-state index contributed by atoms with van der Waals surface area (Å²) in [5.74, 6) is -0.0980. The maximum Gasteiger partial charge on any atom is 1.00 e. The van der Waals surface area contributed by atoms with Gasteiger partial charge in [0.05, 0.1) is 50.3 Å². The summed E-state index contributed by atoms with van der Waals surface area (Å²) in [6.07, 6.45) is -38.6. The van der Waals surface area contributed by atoms with Crippen LogP contribution in [0, 0.1) is 39.4 Å². The van der Waals surface area contributed by atoms with Crippen LogP contribution >= 0.6 is 0 Å². The van der Waals surface area contributed by atoms with Crippen molar-refractivity contribution in [3.8, 4) is 0 Å². The molecule has 99 heavy (non-hydrogen) atoms. The largest absolute Gasteiger partial charge is 1.00 e. The molecule has 0 aromatic heterocycles. The second kappa shape index (κ2) is 34.2. The first-order chi connectivity index (χ1) is 44.4. The number of allylic oxidation sites excluding steroid dienone is 3. The van der Waals surface area contributed by atoms with Crippen molar-refractivity contribution >= 4 is 31.2 Å². The molecule has 0 unspecified atom stereocenters. The van der Waals surface area contributed by atoms with Gasteiger partial charge < -0.3 is 122 Å². The summed E-state index contributed by atoms with van der Waals surface area (Å²) >= 11 is 0. The van der Waals surface area contributed by atoms with Crippen LogP contribution in [0.5, 0.6) is 0 Å². The number of methoxy groups -OCH3 is 1. The molecule has 9 aliphatic rings. The average molecular weight is 1510 g/mol. The van der Waals surface area contributed by atoms with Gasteiger partial charge in [-0.25, -0.2) is 25.3 Å². The van der Waals surface area contributed by atoms with E-state index in [1.165, 1.54) is 12.5 Å². The molecule has 0 bridgehead atoms.